The first-order valence-electron chi connectivity index (χ1n) is 5.71. The van der Waals surface area contributed by atoms with Crippen LogP contribution in [0.3, 0.4) is 0 Å². The number of carbonyl (C=O) groups is 1. The Morgan fingerprint density at radius 2 is 2.31 bits per heavy atom. The molecular weight excluding hydrogens is 206 g/mol. The molecule has 1 aromatic rings. The van der Waals surface area contributed by atoms with Crippen molar-refractivity contribution in [3.63, 3.8) is 0 Å². The van der Waals surface area contributed by atoms with E-state index >= 15 is 0 Å². The van der Waals surface area contributed by atoms with E-state index in [0.29, 0.717) is 17.5 Å². The molecule has 4 atom stereocenters. The third-order valence-electron chi connectivity index (χ3n) is 3.98. The second-order valence-electron chi connectivity index (χ2n) is 4.84. The maximum atomic E-state index is 12.1. The molecule has 0 radical (unpaired) electrons. The number of nitrogens with one attached hydrogen (secondary N) is 1. The Balaban J connectivity index is 1.71. The Kier molecular flexibility index (Phi) is 2.21. The van der Waals surface area contributed by atoms with E-state index in [1.165, 1.54) is 18.9 Å². The van der Waals surface area contributed by atoms with Crippen LogP contribution in [0.5, 0.6) is 0 Å². The standard InChI is InChI=1S/C11H15N3O2/c12-10-7-2-1-6(3-7)9(10)11(15)14-8-4-13-16-5-8/h4-7,9-10H,1-3,12H2,(H,14,15). The highest BCUT2D eigenvalue weighted by Gasteiger charge is 2.49. The quantitative estimate of drug-likeness (QED) is 0.780. The fourth-order valence-corrected chi connectivity index (χ4v) is 3.22. The van der Waals surface area contributed by atoms with E-state index in [0.717, 1.165) is 12.8 Å². The van der Waals surface area contributed by atoms with Crippen molar-refractivity contribution in [3.05, 3.63) is 12.5 Å². The molecule has 2 aliphatic carbocycles. The van der Waals surface area contributed by atoms with E-state index in [2.05, 4.69) is 15.0 Å². The highest BCUT2D eigenvalue weighted by Crippen LogP contribution is 2.47. The summed E-state index contributed by atoms with van der Waals surface area (Å²) in [7, 11) is 0. The van der Waals surface area contributed by atoms with E-state index in [9.17, 15) is 4.79 Å². The Labute approximate surface area is 93.4 Å². The fraction of sp³-hybridized carbons (Fsp3) is 0.636. The maximum Gasteiger partial charge on any atom is 0.229 e. The molecule has 0 aliphatic heterocycles. The molecule has 1 amide bonds. The summed E-state index contributed by atoms with van der Waals surface area (Å²) in [5.41, 5.74) is 6.71. The molecule has 2 saturated carbocycles. The van der Waals surface area contributed by atoms with E-state index in [1.807, 2.05) is 0 Å². The van der Waals surface area contributed by atoms with Crippen LogP contribution in [0.15, 0.2) is 17.0 Å². The van der Waals surface area contributed by atoms with Gasteiger partial charge in [0, 0.05) is 6.04 Å². The van der Waals surface area contributed by atoms with Crippen molar-refractivity contribution in [2.45, 2.75) is 25.3 Å². The second-order valence-corrected chi connectivity index (χ2v) is 4.84. The van der Waals surface area contributed by atoms with Crippen molar-refractivity contribution in [1.82, 2.24) is 5.16 Å². The predicted octanol–water partition coefficient (Wildman–Crippen LogP) is 0.986. The number of amides is 1. The Hall–Kier alpha value is -1.36. The number of fused-ring (bicyclic) bond motifs is 2. The van der Waals surface area contributed by atoms with Gasteiger partial charge < -0.3 is 15.6 Å². The van der Waals surface area contributed by atoms with Gasteiger partial charge in [0.05, 0.1) is 12.1 Å². The van der Waals surface area contributed by atoms with Crippen molar-refractivity contribution in [1.29, 1.82) is 0 Å². The molecule has 2 aliphatic rings. The largest absolute Gasteiger partial charge is 0.363 e. The van der Waals surface area contributed by atoms with E-state index in [-0.39, 0.29) is 17.9 Å². The maximum absolute atomic E-state index is 12.1. The molecule has 86 valence electrons. The third-order valence-corrected chi connectivity index (χ3v) is 3.98. The fourth-order valence-electron chi connectivity index (χ4n) is 3.22. The number of anilines is 1. The lowest BCUT2D eigenvalue weighted by atomic mass is 9.84. The Morgan fingerprint density at radius 1 is 1.50 bits per heavy atom. The van der Waals surface area contributed by atoms with Crippen LogP contribution in [0.2, 0.25) is 0 Å². The van der Waals surface area contributed by atoms with Gasteiger partial charge in [0.2, 0.25) is 5.91 Å². The lowest BCUT2D eigenvalue weighted by Gasteiger charge is -2.26. The van der Waals surface area contributed by atoms with Crippen LogP contribution in [0.1, 0.15) is 19.3 Å². The van der Waals surface area contributed by atoms with E-state index in [4.69, 9.17) is 5.73 Å². The molecular formula is C11H15N3O2. The van der Waals surface area contributed by atoms with E-state index in [1.54, 1.807) is 0 Å². The first-order valence-corrected chi connectivity index (χ1v) is 5.71. The zero-order valence-corrected chi connectivity index (χ0v) is 8.93. The third kappa shape index (κ3) is 1.43. The van der Waals surface area contributed by atoms with Crippen LogP contribution < -0.4 is 11.1 Å². The van der Waals surface area contributed by atoms with Gasteiger partial charge in [0.1, 0.15) is 12.0 Å². The van der Waals surface area contributed by atoms with Gasteiger partial charge in [-0.2, -0.15) is 0 Å². The molecule has 5 heteroatoms. The van der Waals surface area contributed by atoms with Crippen molar-refractivity contribution < 1.29 is 9.32 Å². The second kappa shape index (κ2) is 3.59. The zero-order valence-electron chi connectivity index (χ0n) is 8.93. The summed E-state index contributed by atoms with van der Waals surface area (Å²) < 4.78 is 4.67. The number of hydrogen-bond donors (Lipinski definition) is 2. The van der Waals surface area contributed by atoms with Crippen molar-refractivity contribution in [2.75, 3.05) is 5.32 Å². The van der Waals surface area contributed by atoms with Gasteiger partial charge in [0.15, 0.2) is 0 Å². The summed E-state index contributed by atoms with van der Waals surface area (Å²) in [6.45, 7) is 0. The summed E-state index contributed by atoms with van der Waals surface area (Å²) in [6, 6.07) is 0.0265. The molecule has 0 spiro atoms. The minimum absolute atomic E-state index is 0.0166. The Morgan fingerprint density at radius 3 is 2.94 bits per heavy atom. The molecule has 1 aromatic heterocycles. The molecule has 1 heterocycles. The molecule has 0 saturated heterocycles. The molecule has 2 bridgehead atoms. The molecule has 0 aromatic carbocycles. The number of hydrogen-bond acceptors (Lipinski definition) is 4. The number of nitrogens with two attached hydrogens (primary N) is 1. The first-order chi connectivity index (χ1) is 7.75. The summed E-state index contributed by atoms with van der Waals surface area (Å²) in [6.07, 6.45) is 6.36. The van der Waals surface area contributed by atoms with Gasteiger partial charge in [0.25, 0.3) is 0 Å². The summed E-state index contributed by atoms with van der Waals surface area (Å²) >= 11 is 0. The van der Waals surface area contributed by atoms with Gasteiger partial charge in [-0.3, -0.25) is 4.79 Å². The number of nitrogens with zero attached hydrogens (tertiary/aromatic N) is 1. The molecule has 4 unspecified atom stereocenters. The van der Waals surface area contributed by atoms with E-state index < -0.39 is 0 Å². The smallest absolute Gasteiger partial charge is 0.229 e. The number of aromatic nitrogens is 1. The minimum atomic E-state index is -0.0337. The summed E-state index contributed by atoms with van der Waals surface area (Å²) in [4.78, 5) is 12.1. The molecule has 3 rings (SSSR count). The summed E-state index contributed by atoms with van der Waals surface area (Å²) in [5, 5.41) is 6.35. The van der Waals surface area contributed by atoms with Crippen LogP contribution in [0.25, 0.3) is 0 Å². The van der Waals surface area contributed by atoms with Crippen LogP contribution in [-0.2, 0) is 4.79 Å². The molecule has 5 nitrogen and oxygen atoms in total. The lowest BCUT2D eigenvalue weighted by molar-refractivity contribution is -0.121. The first kappa shape index (κ1) is 9.84. The van der Waals surface area contributed by atoms with Crippen molar-refractivity contribution in [2.24, 2.45) is 23.5 Å². The number of carbonyl (C=O) groups excluding carboxylic acids is 1. The Bertz CT molecular complexity index is 388. The van der Waals surface area contributed by atoms with Gasteiger partial charge in [-0.05, 0) is 31.1 Å². The van der Waals surface area contributed by atoms with Crippen molar-refractivity contribution in [3.8, 4) is 0 Å². The van der Waals surface area contributed by atoms with Crippen LogP contribution in [0, 0.1) is 17.8 Å². The highest BCUT2D eigenvalue weighted by molar-refractivity contribution is 5.93. The average molecular weight is 221 g/mol. The normalized spacial score (nSPS) is 36.6. The molecule has 16 heavy (non-hydrogen) atoms. The monoisotopic (exact) mass is 221 g/mol. The minimum Gasteiger partial charge on any atom is -0.363 e. The topological polar surface area (TPSA) is 81.2 Å². The zero-order chi connectivity index (χ0) is 11.1. The van der Waals surface area contributed by atoms with Gasteiger partial charge >= 0.3 is 0 Å². The van der Waals surface area contributed by atoms with Crippen molar-refractivity contribution >= 4 is 11.6 Å². The lowest BCUT2D eigenvalue weighted by Crippen LogP contribution is -2.42. The summed E-state index contributed by atoms with van der Waals surface area (Å²) in [5.74, 6) is 1.000. The molecule has 3 N–H and O–H groups in total. The predicted molar refractivity (Wildman–Crippen MR) is 57.4 cm³/mol. The molecule has 2 fully saturated rings. The SMILES string of the molecule is NC1C2CCC(C2)C1C(=O)Nc1cnoc1. The van der Waals surface area contributed by atoms with Crippen LogP contribution in [0.4, 0.5) is 5.69 Å². The average Bonchev–Trinajstić information content (AvgIpc) is 2.92. The number of rotatable bonds is 2. The van der Waals surface area contributed by atoms with Gasteiger partial charge in [-0.1, -0.05) is 5.16 Å². The van der Waals surface area contributed by atoms with Gasteiger partial charge in [-0.15, -0.1) is 0 Å². The van der Waals surface area contributed by atoms with Crippen LogP contribution in [-0.4, -0.2) is 17.1 Å². The van der Waals surface area contributed by atoms with Crippen LogP contribution >= 0.6 is 0 Å². The highest BCUT2D eigenvalue weighted by atomic mass is 16.5. The van der Waals surface area contributed by atoms with Gasteiger partial charge in [-0.25, -0.2) is 0 Å².